The third-order valence-corrected chi connectivity index (χ3v) is 6.28. The summed E-state index contributed by atoms with van der Waals surface area (Å²) in [6.45, 7) is 1.96. The Kier molecular flexibility index (Phi) is 7.95. The molecule has 3 N–H and O–H groups in total. The van der Waals surface area contributed by atoms with Crippen molar-refractivity contribution >= 4 is 11.8 Å². The Bertz CT molecular complexity index is 1310. The number of nitrogens with zero attached hydrogens (tertiary/aromatic N) is 1. The maximum Gasteiger partial charge on any atom is 0.257 e. The minimum atomic E-state index is -1.14. The molecule has 194 valence electrons. The zero-order valence-electron chi connectivity index (χ0n) is 20.1. The molecule has 1 fully saturated rings. The maximum absolute atomic E-state index is 13.9. The van der Waals surface area contributed by atoms with E-state index in [2.05, 4.69) is 15.6 Å². The highest BCUT2D eigenvalue weighted by atomic mass is 19.2. The van der Waals surface area contributed by atoms with Crippen LogP contribution in [0.4, 0.5) is 13.2 Å². The van der Waals surface area contributed by atoms with Gasteiger partial charge in [0.15, 0.2) is 11.6 Å². The van der Waals surface area contributed by atoms with Crippen LogP contribution in [0.1, 0.15) is 58.9 Å². The predicted molar refractivity (Wildman–Crippen MR) is 129 cm³/mol. The van der Waals surface area contributed by atoms with E-state index in [9.17, 15) is 27.9 Å². The molecule has 1 aliphatic carbocycles. The number of carbonyl (C=O) groups excluding carboxylic acids is 2. The number of amides is 2. The zero-order valence-corrected chi connectivity index (χ0v) is 20.1. The lowest BCUT2D eigenvalue weighted by Crippen LogP contribution is -2.44. The molecule has 2 amide bonds. The number of halogens is 3. The second-order valence-corrected chi connectivity index (χ2v) is 8.88. The molecule has 4 rings (SSSR count). The lowest BCUT2D eigenvalue weighted by Gasteiger charge is -2.30. The molecule has 0 atom stereocenters. The Labute approximate surface area is 211 Å². The molecule has 0 unspecified atom stereocenters. The Balaban J connectivity index is 1.36. The van der Waals surface area contributed by atoms with Crippen LogP contribution >= 0.6 is 0 Å². The van der Waals surface area contributed by atoms with Gasteiger partial charge in [-0.25, -0.2) is 18.2 Å². The first-order valence-electron chi connectivity index (χ1n) is 12.0. The van der Waals surface area contributed by atoms with Crippen LogP contribution in [-0.2, 0) is 6.42 Å². The summed E-state index contributed by atoms with van der Waals surface area (Å²) in [4.78, 5) is 29.4. The number of aromatic hydroxyl groups is 1. The van der Waals surface area contributed by atoms with E-state index in [1.807, 2.05) is 6.92 Å². The van der Waals surface area contributed by atoms with Gasteiger partial charge in [-0.1, -0.05) is 13.0 Å². The van der Waals surface area contributed by atoms with Crippen LogP contribution in [0.15, 0.2) is 48.7 Å². The molecule has 1 saturated carbocycles. The van der Waals surface area contributed by atoms with Crippen molar-refractivity contribution in [1.82, 2.24) is 15.6 Å². The fourth-order valence-electron chi connectivity index (χ4n) is 4.22. The average molecular weight is 514 g/mol. The summed E-state index contributed by atoms with van der Waals surface area (Å²) in [6, 6.07) is 8.37. The van der Waals surface area contributed by atoms with Gasteiger partial charge >= 0.3 is 0 Å². The van der Waals surface area contributed by atoms with Gasteiger partial charge in [-0.3, -0.25) is 9.59 Å². The van der Waals surface area contributed by atoms with Gasteiger partial charge in [-0.15, -0.1) is 0 Å². The summed E-state index contributed by atoms with van der Waals surface area (Å²) < 4.78 is 46.0. The van der Waals surface area contributed by atoms with Crippen molar-refractivity contribution in [2.75, 3.05) is 0 Å². The van der Waals surface area contributed by atoms with Crippen LogP contribution in [0.2, 0.25) is 0 Å². The quantitative estimate of drug-likeness (QED) is 0.412. The first kappa shape index (κ1) is 26.0. The largest absolute Gasteiger partial charge is 0.507 e. The first-order chi connectivity index (χ1) is 17.7. The molecule has 0 saturated heterocycles. The van der Waals surface area contributed by atoms with Gasteiger partial charge in [0.1, 0.15) is 22.9 Å². The average Bonchev–Trinajstić information content (AvgIpc) is 2.88. The number of aryl methyl sites for hydroxylation is 1. The normalized spacial score (nSPS) is 17.2. The highest BCUT2D eigenvalue weighted by molar-refractivity contribution is 5.97. The molecule has 10 heteroatoms. The van der Waals surface area contributed by atoms with E-state index in [1.54, 1.807) is 12.1 Å². The standard InChI is InChI=1S/C27H26F3N3O4/c1-2-15-3-10-24(34)20(11-15)25(35)32-17-4-6-18(7-5-17)33-26(36)21-12-16(28)14-31-27(21)37-19-8-9-22(29)23(30)13-19/h3,8-14,17-18,34H,2,4-7H2,1H3,(H,32,35)(H,33,36). The smallest absolute Gasteiger partial charge is 0.257 e. The molecule has 0 radical (unpaired) electrons. The molecular formula is C27H26F3N3O4. The number of benzene rings is 2. The summed E-state index contributed by atoms with van der Waals surface area (Å²) in [5.74, 6) is -4.37. The number of hydrogen-bond donors (Lipinski definition) is 3. The van der Waals surface area contributed by atoms with Crippen molar-refractivity contribution in [2.24, 2.45) is 0 Å². The van der Waals surface area contributed by atoms with Crippen LogP contribution in [0.5, 0.6) is 17.4 Å². The third-order valence-electron chi connectivity index (χ3n) is 6.28. The van der Waals surface area contributed by atoms with Crippen molar-refractivity contribution in [2.45, 2.75) is 51.1 Å². The fourth-order valence-corrected chi connectivity index (χ4v) is 4.22. The fraction of sp³-hybridized carbons (Fsp3) is 0.296. The lowest BCUT2D eigenvalue weighted by molar-refractivity contribution is 0.0888. The second kappa shape index (κ2) is 11.3. The van der Waals surface area contributed by atoms with E-state index in [-0.39, 0.29) is 46.5 Å². The third kappa shape index (κ3) is 6.38. The molecule has 0 aliphatic heterocycles. The Morgan fingerprint density at radius 1 is 0.919 bits per heavy atom. The van der Waals surface area contributed by atoms with Gasteiger partial charge in [-0.2, -0.15) is 0 Å². The SMILES string of the molecule is CCc1ccc(O)c(C(=O)NC2CCC(NC(=O)c3cc(F)cnc3Oc3ccc(F)c(F)c3)CC2)c1. The topological polar surface area (TPSA) is 101 Å². The zero-order chi connectivity index (χ0) is 26.5. The van der Waals surface area contributed by atoms with Crippen molar-refractivity contribution in [3.05, 3.63) is 82.8 Å². The summed E-state index contributed by atoms with van der Waals surface area (Å²) in [5.41, 5.74) is 0.975. The molecular weight excluding hydrogens is 487 g/mol. The molecule has 3 aromatic rings. The van der Waals surface area contributed by atoms with Crippen LogP contribution in [-0.4, -0.2) is 34.0 Å². The number of hydrogen-bond acceptors (Lipinski definition) is 5. The van der Waals surface area contributed by atoms with Crippen molar-refractivity contribution in [3.8, 4) is 17.4 Å². The van der Waals surface area contributed by atoms with Gasteiger partial charge < -0.3 is 20.5 Å². The van der Waals surface area contributed by atoms with Crippen LogP contribution in [0.3, 0.4) is 0 Å². The second-order valence-electron chi connectivity index (χ2n) is 8.88. The summed E-state index contributed by atoms with van der Waals surface area (Å²) in [6.07, 6.45) is 3.88. The minimum Gasteiger partial charge on any atom is -0.507 e. The highest BCUT2D eigenvalue weighted by Crippen LogP contribution is 2.27. The van der Waals surface area contributed by atoms with Crippen LogP contribution in [0, 0.1) is 17.5 Å². The summed E-state index contributed by atoms with van der Waals surface area (Å²) in [5, 5.41) is 15.8. The maximum atomic E-state index is 13.9. The Hall–Kier alpha value is -4.08. The van der Waals surface area contributed by atoms with E-state index in [0.717, 1.165) is 36.4 Å². The molecule has 1 heterocycles. The lowest BCUT2D eigenvalue weighted by atomic mass is 9.90. The minimum absolute atomic E-state index is 0.0826. The number of carbonyl (C=O) groups is 2. The number of nitrogens with one attached hydrogen (secondary N) is 2. The highest BCUT2D eigenvalue weighted by Gasteiger charge is 2.26. The van der Waals surface area contributed by atoms with Gasteiger partial charge in [0, 0.05) is 18.2 Å². The summed E-state index contributed by atoms with van der Waals surface area (Å²) >= 11 is 0. The van der Waals surface area contributed by atoms with Crippen molar-refractivity contribution in [3.63, 3.8) is 0 Å². The molecule has 7 nitrogen and oxygen atoms in total. The summed E-state index contributed by atoms with van der Waals surface area (Å²) in [7, 11) is 0. The van der Waals surface area contributed by atoms with Crippen molar-refractivity contribution < 1.29 is 32.6 Å². The molecule has 0 bridgehead atoms. The van der Waals surface area contributed by atoms with Gasteiger partial charge in [-0.05, 0) is 68.0 Å². The van der Waals surface area contributed by atoms with Crippen LogP contribution in [0.25, 0.3) is 0 Å². The van der Waals surface area contributed by atoms with Gasteiger partial charge in [0.25, 0.3) is 11.8 Å². The van der Waals surface area contributed by atoms with Crippen molar-refractivity contribution in [1.29, 1.82) is 0 Å². The van der Waals surface area contributed by atoms with Gasteiger partial charge in [0.2, 0.25) is 5.88 Å². The van der Waals surface area contributed by atoms with E-state index in [0.29, 0.717) is 25.7 Å². The number of pyridine rings is 1. The number of ether oxygens (including phenoxy) is 1. The Morgan fingerprint density at radius 3 is 2.19 bits per heavy atom. The molecule has 0 spiro atoms. The van der Waals surface area contributed by atoms with E-state index in [1.165, 1.54) is 12.1 Å². The monoisotopic (exact) mass is 513 g/mol. The van der Waals surface area contributed by atoms with Crippen LogP contribution < -0.4 is 15.4 Å². The predicted octanol–water partition coefficient (Wildman–Crippen LogP) is 5.03. The van der Waals surface area contributed by atoms with E-state index < -0.39 is 23.4 Å². The molecule has 37 heavy (non-hydrogen) atoms. The molecule has 1 aliphatic rings. The number of rotatable bonds is 7. The van der Waals surface area contributed by atoms with Gasteiger partial charge in [0.05, 0.1) is 11.8 Å². The molecule has 1 aromatic heterocycles. The van der Waals surface area contributed by atoms with E-state index in [4.69, 9.17) is 4.74 Å². The Morgan fingerprint density at radius 2 is 1.57 bits per heavy atom. The number of phenolic OH excluding ortho intramolecular Hbond substituents is 1. The van der Waals surface area contributed by atoms with E-state index >= 15 is 0 Å². The molecule has 2 aromatic carbocycles. The number of aromatic nitrogens is 1. The first-order valence-corrected chi connectivity index (χ1v) is 12.0. The number of phenols is 1.